The number of hydrogen-bond donors (Lipinski definition) is 1. The number of anilines is 1. The monoisotopic (exact) mass is 475 g/mol. The first-order valence-electron chi connectivity index (χ1n) is 11.2. The lowest BCUT2D eigenvalue weighted by Crippen LogP contribution is -2.51. The largest absolute Gasteiger partial charge is 0.459 e. The number of aryl methyl sites for hydroxylation is 1. The minimum atomic E-state index is -0.717. The fourth-order valence-corrected chi connectivity index (χ4v) is 3.76. The van der Waals surface area contributed by atoms with Crippen LogP contribution in [-0.4, -0.2) is 66.3 Å². The SMILES string of the molecule is Cc1cccc(C(=O)Nc2ccccc2C(=O)OCC(=O)N2CCN(C(=O)c3ccco3)CC2)c1. The summed E-state index contributed by atoms with van der Waals surface area (Å²) in [5.74, 6) is -1.40. The molecular formula is C26H25N3O6. The highest BCUT2D eigenvalue weighted by Crippen LogP contribution is 2.18. The molecule has 1 fully saturated rings. The molecule has 2 aromatic carbocycles. The molecule has 1 aromatic heterocycles. The second-order valence-electron chi connectivity index (χ2n) is 8.10. The van der Waals surface area contributed by atoms with E-state index in [0.29, 0.717) is 37.4 Å². The van der Waals surface area contributed by atoms with Crippen molar-refractivity contribution in [3.05, 3.63) is 89.4 Å². The Morgan fingerprint density at radius 2 is 1.66 bits per heavy atom. The highest BCUT2D eigenvalue weighted by molar-refractivity contribution is 6.08. The molecule has 3 amide bonds. The van der Waals surface area contributed by atoms with Crippen molar-refractivity contribution in [2.24, 2.45) is 0 Å². The molecule has 3 aromatic rings. The Hall–Kier alpha value is -4.40. The molecule has 9 nitrogen and oxygen atoms in total. The van der Waals surface area contributed by atoms with Crippen molar-refractivity contribution in [3.8, 4) is 0 Å². The van der Waals surface area contributed by atoms with Gasteiger partial charge in [-0.2, -0.15) is 0 Å². The first-order valence-corrected chi connectivity index (χ1v) is 11.2. The molecule has 0 bridgehead atoms. The van der Waals surface area contributed by atoms with Crippen LogP contribution < -0.4 is 5.32 Å². The van der Waals surface area contributed by atoms with E-state index in [2.05, 4.69) is 5.32 Å². The van der Waals surface area contributed by atoms with Crippen LogP contribution in [-0.2, 0) is 9.53 Å². The summed E-state index contributed by atoms with van der Waals surface area (Å²) < 4.78 is 10.4. The third-order valence-electron chi connectivity index (χ3n) is 5.65. The van der Waals surface area contributed by atoms with Crippen molar-refractivity contribution in [3.63, 3.8) is 0 Å². The summed E-state index contributed by atoms with van der Waals surface area (Å²) in [7, 11) is 0. The predicted octanol–water partition coefficient (Wildman–Crippen LogP) is 2.98. The molecule has 1 N–H and O–H groups in total. The number of carbonyl (C=O) groups excluding carboxylic acids is 4. The average Bonchev–Trinajstić information content (AvgIpc) is 3.42. The van der Waals surface area contributed by atoms with Crippen LogP contribution in [0, 0.1) is 6.92 Å². The molecule has 2 heterocycles. The van der Waals surface area contributed by atoms with Gasteiger partial charge in [0, 0.05) is 31.7 Å². The summed E-state index contributed by atoms with van der Waals surface area (Å²) >= 11 is 0. The van der Waals surface area contributed by atoms with Gasteiger partial charge in [0.1, 0.15) is 0 Å². The van der Waals surface area contributed by atoms with E-state index in [1.54, 1.807) is 58.3 Å². The van der Waals surface area contributed by atoms with Crippen LogP contribution >= 0.6 is 0 Å². The van der Waals surface area contributed by atoms with Gasteiger partial charge < -0.3 is 24.3 Å². The van der Waals surface area contributed by atoms with E-state index in [0.717, 1.165) is 5.56 Å². The molecule has 0 aliphatic carbocycles. The molecule has 180 valence electrons. The predicted molar refractivity (Wildman–Crippen MR) is 127 cm³/mol. The molecule has 9 heteroatoms. The second kappa shape index (κ2) is 10.7. The van der Waals surface area contributed by atoms with Crippen LogP contribution in [0.5, 0.6) is 0 Å². The molecule has 0 spiro atoms. The zero-order chi connectivity index (χ0) is 24.8. The number of hydrogen-bond acceptors (Lipinski definition) is 6. The topological polar surface area (TPSA) is 109 Å². The summed E-state index contributed by atoms with van der Waals surface area (Å²) in [4.78, 5) is 53.4. The number of furan rings is 1. The average molecular weight is 476 g/mol. The second-order valence-corrected chi connectivity index (χ2v) is 8.10. The Balaban J connectivity index is 1.31. The fourth-order valence-electron chi connectivity index (χ4n) is 3.76. The van der Waals surface area contributed by atoms with Gasteiger partial charge in [0.05, 0.1) is 17.5 Å². The van der Waals surface area contributed by atoms with E-state index in [9.17, 15) is 19.2 Å². The third kappa shape index (κ3) is 5.75. The number of ether oxygens (including phenoxy) is 1. The maximum Gasteiger partial charge on any atom is 0.340 e. The first kappa shape index (κ1) is 23.7. The highest BCUT2D eigenvalue weighted by Gasteiger charge is 2.27. The van der Waals surface area contributed by atoms with Crippen LogP contribution in [0.1, 0.15) is 36.8 Å². The Morgan fingerprint density at radius 3 is 2.37 bits per heavy atom. The van der Waals surface area contributed by atoms with Crippen LogP contribution in [0.2, 0.25) is 0 Å². The lowest BCUT2D eigenvalue weighted by atomic mass is 10.1. The van der Waals surface area contributed by atoms with Gasteiger partial charge >= 0.3 is 5.97 Å². The number of benzene rings is 2. The first-order chi connectivity index (χ1) is 16.9. The zero-order valence-corrected chi connectivity index (χ0v) is 19.2. The Kier molecular flexibility index (Phi) is 7.25. The number of para-hydroxylation sites is 1. The Morgan fingerprint density at radius 1 is 0.914 bits per heavy atom. The van der Waals surface area contributed by atoms with Crippen molar-refractivity contribution in [2.45, 2.75) is 6.92 Å². The summed E-state index contributed by atoms with van der Waals surface area (Å²) in [6.45, 7) is 2.80. The van der Waals surface area contributed by atoms with Gasteiger partial charge in [-0.1, -0.05) is 29.8 Å². The summed E-state index contributed by atoms with van der Waals surface area (Å²) in [5.41, 5.74) is 1.85. The smallest absolute Gasteiger partial charge is 0.340 e. The molecule has 4 rings (SSSR count). The molecule has 35 heavy (non-hydrogen) atoms. The Bertz CT molecular complexity index is 1230. The van der Waals surface area contributed by atoms with E-state index in [4.69, 9.17) is 9.15 Å². The van der Waals surface area contributed by atoms with E-state index in [1.807, 2.05) is 13.0 Å². The molecule has 1 aliphatic rings. The molecule has 0 radical (unpaired) electrons. The maximum atomic E-state index is 12.7. The summed E-state index contributed by atoms with van der Waals surface area (Å²) in [5, 5.41) is 2.73. The van der Waals surface area contributed by atoms with Gasteiger partial charge in [-0.05, 0) is 43.3 Å². The zero-order valence-electron chi connectivity index (χ0n) is 19.2. The van der Waals surface area contributed by atoms with E-state index >= 15 is 0 Å². The highest BCUT2D eigenvalue weighted by atomic mass is 16.5. The van der Waals surface area contributed by atoms with Crippen LogP contribution in [0.4, 0.5) is 5.69 Å². The number of nitrogens with zero attached hydrogens (tertiary/aromatic N) is 2. The summed E-state index contributed by atoms with van der Waals surface area (Å²) in [6.07, 6.45) is 1.44. The number of rotatable bonds is 6. The molecule has 0 atom stereocenters. The number of piperazine rings is 1. The number of carbonyl (C=O) groups is 4. The number of esters is 1. The molecule has 0 saturated carbocycles. The van der Waals surface area contributed by atoms with Gasteiger partial charge in [-0.25, -0.2) is 4.79 Å². The van der Waals surface area contributed by atoms with Gasteiger partial charge in [0.25, 0.3) is 17.7 Å². The van der Waals surface area contributed by atoms with E-state index in [-0.39, 0.29) is 29.0 Å². The molecular weight excluding hydrogens is 450 g/mol. The van der Waals surface area contributed by atoms with Crippen molar-refractivity contribution in [1.29, 1.82) is 0 Å². The van der Waals surface area contributed by atoms with E-state index < -0.39 is 12.6 Å². The number of nitrogens with one attached hydrogen (secondary N) is 1. The minimum Gasteiger partial charge on any atom is -0.459 e. The third-order valence-corrected chi connectivity index (χ3v) is 5.65. The van der Waals surface area contributed by atoms with E-state index in [1.165, 1.54) is 12.3 Å². The van der Waals surface area contributed by atoms with Crippen LogP contribution in [0.3, 0.4) is 0 Å². The molecule has 1 saturated heterocycles. The quantitative estimate of drug-likeness (QED) is 0.549. The molecule has 1 aliphatic heterocycles. The van der Waals surface area contributed by atoms with Gasteiger partial charge in [0.15, 0.2) is 12.4 Å². The van der Waals surface area contributed by atoms with Gasteiger partial charge in [-0.3, -0.25) is 14.4 Å². The van der Waals surface area contributed by atoms with Crippen LogP contribution in [0.15, 0.2) is 71.3 Å². The van der Waals surface area contributed by atoms with Crippen molar-refractivity contribution in [1.82, 2.24) is 9.80 Å². The standard InChI is InChI=1S/C26H25N3O6/c1-18-6-4-7-19(16-18)24(31)27-21-9-3-2-8-20(21)26(33)35-17-23(30)28-11-13-29(14-12-28)25(32)22-10-5-15-34-22/h2-10,15-16H,11-14,17H2,1H3,(H,27,31). The van der Waals surface area contributed by atoms with Gasteiger partial charge in [-0.15, -0.1) is 0 Å². The summed E-state index contributed by atoms with van der Waals surface area (Å²) in [6, 6.07) is 16.8. The number of amides is 3. The van der Waals surface area contributed by atoms with Crippen molar-refractivity contribution >= 4 is 29.4 Å². The lowest BCUT2D eigenvalue weighted by molar-refractivity contribution is -0.136. The van der Waals surface area contributed by atoms with Gasteiger partial charge in [0.2, 0.25) is 0 Å². The Labute approximate surface area is 202 Å². The maximum absolute atomic E-state index is 12.7. The molecule has 0 unspecified atom stereocenters. The fraction of sp³-hybridized carbons (Fsp3) is 0.231. The normalized spacial score (nSPS) is 13.3. The van der Waals surface area contributed by atoms with Crippen LogP contribution in [0.25, 0.3) is 0 Å². The minimum absolute atomic E-state index is 0.148. The lowest BCUT2D eigenvalue weighted by Gasteiger charge is -2.34. The van der Waals surface area contributed by atoms with Crippen molar-refractivity contribution in [2.75, 3.05) is 38.1 Å². The van der Waals surface area contributed by atoms with Crippen molar-refractivity contribution < 1.29 is 28.3 Å².